The Balaban J connectivity index is 1.47. The lowest BCUT2D eigenvalue weighted by molar-refractivity contribution is -0.119. The van der Waals surface area contributed by atoms with Gasteiger partial charge in [0.2, 0.25) is 5.91 Å². The van der Waals surface area contributed by atoms with Crippen molar-refractivity contribution in [3.05, 3.63) is 11.1 Å². The summed E-state index contributed by atoms with van der Waals surface area (Å²) < 4.78 is 0. The molecule has 1 N–H and O–H groups in total. The molecule has 134 valence electrons. The van der Waals surface area contributed by atoms with Crippen LogP contribution in [0.25, 0.3) is 0 Å². The van der Waals surface area contributed by atoms with Gasteiger partial charge in [-0.1, -0.05) is 24.8 Å². The molecule has 1 saturated carbocycles. The van der Waals surface area contributed by atoms with E-state index < -0.39 is 0 Å². The second kappa shape index (κ2) is 6.82. The first-order valence-electron chi connectivity index (χ1n) is 10.4. The predicted molar refractivity (Wildman–Crippen MR) is 97.8 cm³/mol. The fourth-order valence-corrected chi connectivity index (χ4v) is 6.21. The van der Waals surface area contributed by atoms with Gasteiger partial charge >= 0.3 is 0 Å². The van der Waals surface area contributed by atoms with Crippen molar-refractivity contribution in [2.75, 3.05) is 13.1 Å². The highest BCUT2D eigenvalue weighted by molar-refractivity contribution is 5.74. The SMILES string of the molecule is CC(=O)NC1CC2(CCN(C3CCCCC3)CC2)C2=C1CCCC2. The van der Waals surface area contributed by atoms with Crippen LogP contribution in [0.5, 0.6) is 0 Å². The summed E-state index contributed by atoms with van der Waals surface area (Å²) in [5, 5.41) is 3.28. The maximum absolute atomic E-state index is 11.7. The molecule has 1 spiro atoms. The van der Waals surface area contributed by atoms with Gasteiger partial charge in [0.1, 0.15) is 0 Å². The van der Waals surface area contributed by atoms with E-state index in [4.69, 9.17) is 0 Å². The van der Waals surface area contributed by atoms with Crippen molar-refractivity contribution in [2.24, 2.45) is 5.41 Å². The summed E-state index contributed by atoms with van der Waals surface area (Å²) in [7, 11) is 0. The van der Waals surface area contributed by atoms with Crippen molar-refractivity contribution in [2.45, 2.75) is 96.1 Å². The van der Waals surface area contributed by atoms with E-state index in [1.807, 2.05) is 0 Å². The quantitative estimate of drug-likeness (QED) is 0.770. The molecule has 1 atom stereocenters. The molecule has 0 radical (unpaired) electrons. The number of carbonyl (C=O) groups excluding carboxylic acids is 1. The first-order valence-corrected chi connectivity index (χ1v) is 10.4. The lowest BCUT2D eigenvalue weighted by Crippen LogP contribution is -2.46. The van der Waals surface area contributed by atoms with Crippen molar-refractivity contribution in [1.29, 1.82) is 0 Å². The Labute approximate surface area is 147 Å². The average molecular weight is 331 g/mol. The molecule has 1 aliphatic heterocycles. The first-order chi connectivity index (χ1) is 11.7. The van der Waals surface area contributed by atoms with E-state index in [0.717, 1.165) is 6.04 Å². The normalized spacial score (nSPS) is 31.3. The van der Waals surface area contributed by atoms with E-state index in [1.54, 1.807) is 18.1 Å². The van der Waals surface area contributed by atoms with Gasteiger partial charge < -0.3 is 10.2 Å². The van der Waals surface area contributed by atoms with E-state index in [0.29, 0.717) is 11.5 Å². The number of nitrogens with zero attached hydrogens (tertiary/aromatic N) is 1. The van der Waals surface area contributed by atoms with Crippen LogP contribution in [0.4, 0.5) is 0 Å². The molecular weight excluding hydrogens is 296 g/mol. The maximum Gasteiger partial charge on any atom is 0.217 e. The largest absolute Gasteiger partial charge is 0.350 e. The minimum atomic E-state index is 0.147. The van der Waals surface area contributed by atoms with Gasteiger partial charge in [0.05, 0.1) is 6.04 Å². The van der Waals surface area contributed by atoms with Crippen LogP contribution in [0.3, 0.4) is 0 Å². The molecule has 0 bridgehead atoms. The third kappa shape index (κ3) is 3.05. The van der Waals surface area contributed by atoms with Crippen molar-refractivity contribution < 1.29 is 4.79 Å². The highest BCUT2D eigenvalue weighted by Gasteiger charge is 2.47. The average Bonchev–Trinajstić information content (AvgIpc) is 2.90. The lowest BCUT2D eigenvalue weighted by atomic mass is 9.70. The fourth-order valence-electron chi connectivity index (χ4n) is 6.21. The number of nitrogens with one attached hydrogen (secondary N) is 1. The van der Waals surface area contributed by atoms with Crippen molar-refractivity contribution in [3.63, 3.8) is 0 Å². The van der Waals surface area contributed by atoms with Crippen LogP contribution in [0.2, 0.25) is 0 Å². The molecule has 1 unspecified atom stereocenters. The molecule has 0 aromatic heterocycles. The van der Waals surface area contributed by atoms with Crippen LogP contribution in [0.15, 0.2) is 11.1 Å². The van der Waals surface area contributed by atoms with Crippen LogP contribution in [0.1, 0.15) is 84.0 Å². The van der Waals surface area contributed by atoms with Gasteiger partial charge in [-0.2, -0.15) is 0 Å². The van der Waals surface area contributed by atoms with Crippen LogP contribution in [0, 0.1) is 5.41 Å². The Kier molecular flexibility index (Phi) is 4.73. The van der Waals surface area contributed by atoms with E-state index in [2.05, 4.69) is 10.2 Å². The van der Waals surface area contributed by atoms with E-state index in [1.165, 1.54) is 90.1 Å². The Bertz CT molecular complexity index is 510. The summed E-state index contributed by atoms with van der Waals surface area (Å²) in [5.74, 6) is 0.147. The zero-order valence-electron chi connectivity index (χ0n) is 15.4. The number of piperidine rings is 1. The van der Waals surface area contributed by atoms with Crippen molar-refractivity contribution >= 4 is 5.91 Å². The Morgan fingerprint density at radius 2 is 1.75 bits per heavy atom. The third-order valence-electron chi connectivity index (χ3n) is 7.39. The highest BCUT2D eigenvalue weighted by Crippen LogP contribution is 2.54. The molecule has 3 heteroatoms. The number of rotatable bonds is 2. The molecule has 3 nitrogen and oxygen atoms in total. The second-order valence-electron chi connectivity index (χ2n) is 8.78. The minimum Gasteiger partial charge on any atom is -0.350 e. The third-order valence-corrected chi connectivity index (χ3v) is 7.39. The number of allylic oxidation sites excluding steroid dienone is 1. The van der Waals surface area contributed by atoms with Crippen molar-refractivity contribution in [3.8, 4) is 0 Å². The Morgan fingerprint density at radius 3 is 2.46 bits per heavy atom. The van der Waals surface area contributed by atoms with Crippen molar-refractivity contribution in [1.82, 2.24) is 10.2 Å². The summed E-state index contributed by atoms with van der Waals surface area (Å²) >= 11 is 0. The number of amides is 1. The van der Waals surface area contributed by atoms with Gasteiger partial charge in [-0.3, -0.25) is 4.79 Å². The molecule has 1 amide bonds. The summed E-state index contributed by atoms with van der Waals surface area (Å²) in [6, 6.07) is 1.21. The topological polar surface area (TPSA) is 32.3 Å². The number of hydrogen-bond acceptors (Lipinski definition) is 2. The number of carbonyl (C=O) groups is 1. The summed E-state index contributed by atoms with van der Waals surface area (Å²) in [6.07, 6.45) is 16.2. The molecule has 0 aromatic carbocycles. The molecule has 4 rings (SSSR count). The second-order valence-corrected chi connectivity index (χ2v) is 8.78. The molecular formula is C21H34N2O. The number of hydrogen-bond donors (Lipinski definition) is 1. The number of fused-ring (bicyclic) bond motifs is 1. The summed E-state index contributed by atoms with van der Waals surface area (Å²) in [5.41, 5.74) is 3.83. The highest BCUT2D eigenvalue weighted by atomic mass is 16.1. The van der Waals surface area contributed by atoms with Gasteiger partial charge in [0.25, 0.3) is 0 Å². The van der Waals surface area contributed by atoms with Crippen LogP contribution < -0.4 is 5.32 Å². The van der Waals surface area contributed by atoms with Crippen LogP contribution in [-0.4, -0.2) is 36.0 Å². The van der Waals surface area contributed by atoms with Crippen LogP contribution >= 0.6 is 0 Å². The minimum absolute atomic E-state index is 0.147. The standard InChI is InChI=1S/C21H34N2O/c1-16(24)22-20-15-21(19-10-6-5-9-18(19)20)11-13-23(14-12-21)17-7-3-2-4-8-17/h17,20H,2-15H2,1H3,(H,22,24). The number of likely N-dealkylation sites (tertiary alicyclic amines) is 1. The molecule has 2 fully saturated rings. The van der Waals surface area contributed by atoms with Gasteiger partial charge in [-0.05, 0) is 81.9 Å². The molecule has 3 aliphatic carbocycles. The maximum atomic E-state index is 11.7. The van der Waals surface area contributed by atoms with Gasteiger partial charge in [0.15, 0.2) is 0 Å². The fraction of sp³-hybridized carbons (Fsp3) is 0.857. The molecule has 0 aromatic rings. The predicted octanol–water partition coefficient (Wildman–Crippen LogP) is 4.18. The Hall–Kier alpha value is -0.830. The Morgan fingerprint density at radius 1 is 1.04 bits per heavy atom. The zero-order valence-corrected chi connectivity index (χ0v) is 15.4. The molecule has 24 heavy (non-hydrogen) atoms. The van der Waals surface area contributed by atoms with E-state index in [9.17, 15) is 4.79 Å². The van der Waals surface area contributed by atoms with Gasteiger partial charge in [0, 0.05) is 13.0 Å². The zero-order chi connectivity index (χ0) is 16.6. The first kappa shape index (κ1) is 16.6. The van der Waals surface area contributed by atoms with E-state index >= 15 is 0 Å². The van der Waals surface area contributed by atoms with Crippen LogP contribution in [-0.2, 0) is 4.79 Å². The monoisotopic (exact) mass is 330 g/mol. The van der Waals surface area contributed by atoms with E-state index in [-0.39, 0.29) is 5.91 Å². The smallest absolute Gasteiger partial charge is 0.217 e. The molecule has 4 aliphatic rings. The summed E-state index contributed by atoms with van der Waals surface area (Å²) in [6.45, 7) is 4.25. The summed E-state index contributed by atoms with van der Waals surface area (Å²) in [4.78, 5) is 14.5. The van der Waals surface area contributed by atoms with Gasteiger partial charge in [-0.15, -0.1) is 0 Å². The van der Waals surface area contributed by atoms with Gasteiger partial charge in [-0.25, -0.2) is 0 Å². The lowest BCUT2D eigenvalue weighted by Gasteiger charge is -2.45. The molecule has 1 saturated heterocycles. The molecule has 1 heterocycles.